The molecule has 6 heteroatoms. The van der Waals surface area contributed by atoms with Crippen LogP contribution in [0.4, 0.5) is 11.4 Å². The van der Waals surface area contributed by atoms with Gasteiger partial charge in [-0.1, -0.05) is 230 Å². The van der Waals surface area contributed by atoms with Crippen molar-refractivity contribution in [3.8, 4) is 39.4 Å². The highest BCUT2D eigenvalue weighted by Gasteiger charge is 2.43. The van der Waals surface area contributed by atoms with E-state index < -0.39 is 0 Å². The Morgan fingerprint density at radius 2 is 1.11 bits per heavy atom. The third-order valence-corrected chi connectivity index (χ3v) is 19.9. The van der Waals surface area contributed by atoms with Crippen molar-refractivity contribution in [2.75, 3.05) is 4.90 Å². The minimum absolute atomic E-state index is 0.0108. The Labute approximate surface area is 528 Å². The van der Waals surface area contributed by atoms with E-state index in [2.05, 4.69) is 273 Å². The SMILES string of the molecule is CCCCCCC1(CCCCCC)c2ccccc2-c2ccc(-c3cccc4c3ccc3c4c4cc(C5=CC=C(N(c6ccc(C(C)(C)C)cc6)c6ccc(C(C)(C)C)cc6)C(=N)C5=NS)ccc4n3-c3ccc4c(c3)C(C)(C)c3ccccc3O4)cc21. The maximum absolute atomic E-state index is 10.1. The highest BCUT2D eigenvalue weighted by molar-refractivity contribution is 7.79. The first kappa shape index (κ1) is 58.8. The molecule has 0 saturated carbocycles. The van der Waals surface area contributed by atoms with Crippen LogP contribution in [0.3, 0.4) is 0 Å². The number of ether oxygens (including phenoxy) is 1. The molecular weight excluding hydrogens is 1090 g/mol. The second kappa shape index (κ2) is 23.1. The summed E-state index contributed by atoms with van der Waals surface area (Å²) in [6, 6.07) is 68.0. The summed E-state index contributed by atoms with van der Waals surface area (Å²) in [6.45, 7) is 22.7. The summed E-state index contributed by atoms with van der Waals surface area (Å²) in [5.74, 6) is 1.79. The van der Waals surface area contributed by atoms with E-state index in [1.807, 2.05) is 0 Å². The van der Waals surface area contributed by atoms with Crippen molar-refractivity contribution in [3.05, 3.63) is 239 Å². The average Bonchev–Trinajstić information content (AvgIpc) is 1.98. The predicted octanol–water partition coefficient (Wildman–Crippen LogP) is 23.3. The van der Waals surface area contributed by atoms with E-state index in [1.54, 1.807) is 0 Å². The highest BCUT2D eigenvalue weighted by atomic mass is 32.1. The van der Waals surface area contributed by atoms with Crippen molar-refractivity contribution in [3.63, 3.8) is 0 Å². The van der Waals surface area contributed by atoms with Crippen LogP contribution < -0.4 is 9.64 Å². The molecule has 0 atom stereocenters. The first-order chi connectivity index (χ1) is 42.4. The van der Waals surface area contributed by atoms with E-state index in [-0.39, 0.29) is 21.7 Å². The summed E-state index contributed by atoms with van der Waals surface area (Å²) >= 11 is 4.70. The van der Waals surface area contributed by atoms with Crippen LogP contribution in [-0.4, -0.2) is 16.0 Å². The lowest BCUT2D eigenvalue weighted by Crippen LogP contribution is -2.30. The largest absolute Gasteiger partial charge is 0.457 e. The number of unbranched alkanes of at least 4 members (excludes halogenated alkanes) is 6. The van der Waals surface area contributed by atoms with E-state index in [4.69, 9.17) is 21.9 Å². The molecule has 0 bridgehead atoms. The topological polar surface area (TPSA) is 53.6 Å². The molecule has 88 heavy (non-hydrogen) atoms. The fourth-order valence-electron chi connectivity index (χ4n) is 14.9. The van der Waals surface area contributed by atoms with Gasteiger partial charge < -0.3 is 14.2 Å². The number of fused-ring (bicyclic) bond motifs is 10. The molecular formula is C82H84N4OS. The zero-order valence-corrected chi connectivity index (χ0v) is 54.1. The maximum Gasteiger partial charge on any atom is 0.131 e. The smallest absolute Gasteiger partial charge is 0.131 e. The highest BCUT2D eigenvalue weighted by Crippen LogP contribution is 2.56. The van der Waals surface area contributed by atoms with E-state index in [9.17, 15) is 5.41 Å². The maximum atomic E-state index is 10.1. The van der Waals surface area contributed by atoms with E-state index in [0.717, 1.165) is 67.4 Å². The number of benzene rings is 9. The lowest BCUT2D eigenvalue weighted by molar-refractivity contribution is 0.401. The molecule has 3 aliphatic rings. The summed E-state index contributed by atoms with van der Waals surface area (Å²) in [5.41, 5.74) is 21.4. The molecule has 10 aromatic rings. The Hall–Kier alpha value is -8.19. The van der Waals surface area contributed by atoms with Crippen molar-refractivity contribution >= 4 is 73.8 Å². The average molecular weight is 1170 g/mol. The molecule has 444 valence electrons. The van der Waals surface area contributed by atoms with Crippen LogP contribution in [-0.2, 0) is 21.7 Å². The number of aromatic nitrogens is 1. The van der Waals surface area contributed by atoms with Gasteiger partial charge in [0, 0.05) is 55.4 Å². The molecule has 2 aliphatic carbocycles. The van der Waals surface area contributed by atoms with Crippen LogP contribution in [0.5, 0.6) is 11.5 Å². The van der Waals surface area contributed by atoms with Gasteiger partial charge in [-0.3, -0.25) is 5.41 Å². The molecule has 0 saturated heterocycles. The number of rotatable bonds is 16. The van der Waals surface area contributed by atoms with E-state index in [0.29, 0.717) is 11.4 Å². The molecule has 5 nitrogen and oxygen atoms in total. The number of thiol groups is 1. The van der Waals surface area contributed by atoms with E-state index >= 15 is 0 Å². The number of hydrogen-bond donors (Lipinski definition) is 2. The van der Waals surface area contributed by atoms with Crippen LogP contribution >= 0.6 is 12.8 Å². The van der Waals surface area contributed by atoms with Crippen LogP contribution in [0.15, 0.2) is 204 Å². The van der Waals surface area contributed by atoms with Gasteiger partial charge in [0.05, 0.1) is 16.7 Å². The van der Waals surface area contributed by atoms with Gasteiger partial charge in [-0.2, -0.15) is 0 Å². The molecule has 1 aromatic heterocycles. The number of para-hydroxylation sites is 1. The molecule has 0 spiro atoms. The number of anilines is 2. The van der Waals surface area contributed by atoms with Crippen molar-refractivity contribution in [1.29, 1.82) is 5.41 Å². The Bertz CT molecular complexity index is 4390. The molecule has 1 aliphatic heterocycles. The van der Waals surface area contributed by atoms with E-state index in [1.165, 1.54) is 130 Å². The van der Waals surface area contributed by atoms with Gasteiger partial charge in [0.25, 0.3) is 0 Å². The summed E-state index contributed by atoms with van der Waals surface area (Å²) in [5, 5.41) is 14.9. The normalized spacial score (nSPS) is 15.4. The van der Waals surface area contributed by atoms with Gasteiger partial charge in [0.15, 0.2) is 0 Å². The first-order valence-electron chi connectivity index (χ1n) is 32.4. The van der Waals surface area contributed by atoms with Crippen LogP contribution in [0.2, 0.25) is 0 Å². The standard InChI is InChI=1S/C82H84N4OS/c1-11-13-15-21-48-82(49-22-16-14-12-2)67-27-18-17-24-63(67)64-41-30-54(51-69(64)82)60-25-23-26-65-62(60)43-45-72-76(65)66-50-53(31-44-71(66)86(72)59-40-47-75-70(52-59)81(9,10)68-28-19-20-29-74(68)87-75)61-42-46-73(77(83)78(61)84-88)85(57-36-32-55(33-37-57)79(3,4)5)58-38-34-56(35-39-58)80(6,7)8/h17-20,23-47,50-52,83,88H,11-16,21-22,48-49H2,1-10H3. The number of nitrogens with zero attached hydrogens (tertiary/aromatic N) is 3. The van der Waals surface area contributed by atoms with Gasteiger partial charge >= 0.3 is 0 Å². The lowest BCUT2D eigenvalue weighted by Gasteiger charge is -2.34. The summed E-state index contributed by atoms with van der Waals surface area (Å²) in [4.78, 5) is 2.19. The second-order valence-corrected chi connectivity index (χ2v) is 27.9. The fourth-order valence-corrected chi connectivity index (χ4v) is 15.1. The van der Waals surface area contributed by atoms with Crippen LogP contribution in [0, 0.1) is 5.41 Å². The van der Waals surface area contributed by atoms with Crippen LogP contribution in [0.25, 0.3) is 66.1 Å². The quantitative estimate of drug-likeness (QED) is 0.0575. The van der Waals surface area contributed by atoms with Crippen molar-refractivity contribution < 1.29 is 4.74 Å². The zero-order valence-electron chi connectivity index (χ0n) is 53.2. The number of allylic oxidation sites excluding steroid dienone is 4. The minimum Gasteiger partial charge on any atom is -0.457 e. The molecule has 0 amide bonds. The second-order valence-electron chi connectivity index (χ2n) is 27.7. The van der Waals surface area contributed by atoms with Crippen molar-refractivity contribution in [2.45, 2.75) is 155 Å². The Balaban J connectivity index is 0.992. The molecule has 0 fully saturated rings. The Morgan fingerprint density at radius 1 is 0.511 bits per heavy atom. The molecule has 1 N–H and O–H groups in total. The van der Waals surface area contributed by atoms with Gasteiger partial charge in [0.1, 0.15) is 22.9 Å². The first-order valence-corrected chi connectivity index (χ1v) is 32.8. The number of hydrogen-bond acceptors (Lipinski definition) is 5. The van der Waals surface area contributed by atoms with Crippen LogP contribution in [0.1, 0.15) is 172 Å². The molecule has 9 aromatic carbocycles. The Morgan fingerprint density at radius 3 is 1.77 bits per heavy atom. The fraction of sp³-hybridized carbons (Fsp3) is 0.293. The third kappa shape index (κ3) is 10.1. The summed E-state index contributed by atoms with van der Waals surface area (Å²) < 4.78 is 13.8. The third-order valence-electron chi connectivity index (χ3n) is 19.7. The minimum atomic E-state index is -0.304. The molecule has 13 rings (SSSR count). The molecule has 0 unspecified atom stereocenters. The van der Waals surface area contributed by atoms with Gasteiger partial charge in [-0.15, -0.1) is 0 Å². The van der Waals surface area contributed by atoms with Gasteiger partial charge in [0.2, 0.25) is 0 Å². The number of nitrogens with one attached hydrogen (secondary N) is 1. The summed E-state index contributed by atoms with van der Waals surface area (Å²) in [6.07, 6.45) is 16.6. The monoisotopic (exact) mass is 1170 g/mol. The lowest BCUT2D eigenvalue weighted by atomic mass is 9.70. The van der Waals surface area contributed by atoms with Gasteiger partial charge in [-0.05, 0) is 182 Å². The predicted molar refractivity (Wildman–Crippen MR) is 379 cm³/mol. The molecule has 0 radical (unpaired) electrons. The van der Waals surface area contributed by atoms with Crippen molar-refractivity contribution in [1.82, 2.24) is 4.57 Å². The van der Waals surface area contributed by atoms with Crippen molar-refractivity contribution in [2.24, 2.45) is 4.40 Å². The van der Waals surface area contributed by atoms with Gasteiger partial charge in [-0.25, -0.2) is 4.40 Å². The zero-order chi connectivity index (χ0) is 61.3. The Kier molecular flexibility index (Phi) is 15.4. The summed E-state index contributed by atoms with van der Waals surface area (Å²) in [7, 11) is 0. The molecule has 2 heterocycles.